The summed E-state index contributed by atoms with van der Waals surface area (Å²) in [7, 11) is 2.18. The lowest BCUT2D eigenvalue weighted by Crippen LogP contribution is -2.31. The van der Waals surface area contributed by atoms with E-state index in [1.807, 2.05) is 30.7 Å². The first-order chi connectivity index (χ1) is 12.0. The summed E-state index contributed by atoms with van der Waals surface area (Å²) >= 11 is 0. The van der Waals surface area contributed by atoms with E-state index in [0.717, 1.165) is 24.3 Å². The smallest absolute Gasteiger partial charge is 0.0639 e. The van der Waals surface area contributed by atoms with Crippen LogP contribution in [0.4, 0.5) is 0 Å². The standard InChI is InChI=1S/C21H26N4/c1-16-9-11-23-19(12-16)13-18(3)24(4)15-21-8-7-17(2)25(21)20-6-5-10-22-14-20/h5-12,14,18H,13,15H2,1-4H3/t18-/m0/s1. The lowest BCUT2D eigenvalue weighted by Gasteiger charge is -2.25. The zero-order valence-electron chi connectivity index (χ0n) is 15.5. The van der Waals surface area contributed by atoms with Gasteiger partial charge in [0.2, 0.25) is 0 Å². The molecule has 0 amide bonds. The molecule has 3 rings (SSSR count). The van der Waals surface area contributed by atoms with Crippen molar-refractivity contribution in [2.24, 2.45) is 0 Å². The summed E-state index contributed by atoms with van der Waals surface area (Å²) in [5.41, 5.74) is 6.03. The quantitative estimate of drug-likeness (QED) is 0.684. The van der Waals surface area contributed by atoms with Crippen molar-refractivity contribution in [2.45, 2.75) is 39.8 Å². The predicted octanol–water partition coefficient (Wildman–Crippen LogP) is 3.95. The van der Waals surface area contributed by atoms with Crippen LogP contribution in [-0.4, -0.2) is 32.5 Å². The minimum atomic E-state index is 0.409. The lowest BCUT2D eigenvalue weighted by molar-refractivity contribution is 0.243. The van der Waals surface area contributed by atoms with Gasteiger partial charge in [-0.25, -0.2) is 0 Å². The molecule has 0 aromatic carbocycles. The van der Waals surface area contributed by atoms with Crippen LogP contribution in [0.2, 0.25) is 0 Å². The molecule has 0 aliphatic heterocycles. The minimum Gasteiger partial charge on any atom is -0.315 e. The van der Waals surface area contributed by atoms with Crippen molar-refractivity contribution in [3.8, 4) is 5.69 Å². The summed E-state index contributed by atoms with van der Waals surface area (Å²) < 4.78 is 2.28. The Labute approximate surface area is 150 Å². The Balaban J connectivity index is 1.74. The van der Waals surface area contributed by atoms with Crippen molar-refractivity contribution in [3.63, 3.8) is 0 Å². The Morgan fingerprint density at radius 3 is 2.68 bits per heavy atom. The number of hydrogen-bond acceptors (Lipinski definition) is 3. The number of rotatable bonds is 6. The number of hydrogen-bond donors (Lipinski definition) is 0. The second-order valence-corrected chi connectivity index (χ2v) is 6.81. The van der Waals surface area contributed by atoms with E-state index in [-0.39, 0.29) is 0 Å². The van der Waals surface area contributed by atoms with Gasteiger partial charge >= 0.3 is 0 Å². The third-order valence-electron chi connectivity index (χ3n) is 4.70. The molecule has 0 spiro atoms. The highest BCUT2D eigenvalue weighted by molar-refractivity contribution is 5.35. The van der Waals surface area contributed by atoms with E-state index in [4.69, 9.17) is 0 Å². The molecule has 0 saturated carbocycles. The molecule has 0 radical (unpaired) electrons. The zero-order chi connectivity index (χ0) is 17.8. The first-order valence-electron chi connectivity index (χ1n) is 8.74. The van der Waals surface area contributed by atoms with Crippen LogP contribution in [0.5, 0.6) is 0 Å². The Bertz CT molecular complexity index is 823. The highest BCUT2D eigenvalue weighted by Gasteiger charge is 2.15. The molecule has 0 saturated heterocycles. The molecule has 0 aliphatic carbocycles. The fraction of sp³-hybridized carbons (Fsp3) is 0.333. The van der Waals surface area contributed by atoms with Crippen LogP contribution in [-0.2, 0) is 13.0 Å². The van der Waals surface area contributed by atoms with E-state index in [2.05, 4.69) is 71.5 Å². The molecular weight excluding hydrogens is 308 g/mol. The van der Waals surface area contributed by atoms with Gasteiger partial charge < -0.3 is 4.57 Å². The summed E-state index contributed by atoms with van der Waals surface area (Å²) in [5, 5.41) is 0. The van der Waals surface area contributed by atoms with Crippen molar-refractivity contribution in [2.75, 3.05) is 7.05 Å². The normalized spacial score (nSPS) is 12.5. The molecule has 0 aliphatic rings. The first-order valence-corrected chi connectivity index (χ1v) is 8.74. The minimum absolute atomic E-state index is 0.409. The number of aryl methyl sites for hydroxylation is 2. The van der Waals surface area contributed by atoms with Gasteiger partial charge in [-0.1, -0.05) is 0 Å². The van der Waals surface area contributed by atoms with Gasteiger partial charge in [0.25, 0.3) is 0 Å². The third-order valence-corrected chi connectivity index (χ3v) is 4.70. The van der Waals surface area contributed by atoms with Crippen molar-refractivity contribution in [1.82, 2.24) is 19.4 Å². The van der Waals surface area contributed by atoms with E-state index in [9.17, 15) is 0 Å². The first kappa shape index (κ1) is 17.4. The highest BCUT2D eigenvalue weighted by Crippen LogP contribution is 2.18. The van der Waals surface area contributed by atoms with Gasteiger partial charge in [0.05, 0.1) is 11.9 Å². The molecule has 0 fully saturated rings. The predicted molar refractivity (Wildman–Crippen MR) is 102 cm³/mol. The fourth-order valence-electron chi connectivity index (χ4n) is 3.15. The van der Waals surface area contributed by atoms with Crippen LogP contribution in [0, 0.1) is 13.8 Å². The number of pyridine rings is 2. The topological polar surface area (TPSA) is 34.0 Å². The van der Waals surface area contributed by atoms with Crippen LogP contribution < -0.4 is 0 Å². The second-order valence-electron chi connectivity index (χ2n) is 6.81. The summed E-state index contributed by atoms with van der Waals surface area (Å²) in [6, 6.07) is 13.1. The van der Waals surface area contributed by atoms with Gasteiger partial charge in [-0.2, -0.15) is 0 Å². The second kappa shape index (κ2) is 7.62. The molecule has 3 heterocycles. The van der Waals surface area contributed by atoms with E-state index >= 15 is 0 Å². The average molecular weight is 334 g/mol. The summed E-state index contributed by atoms with van der Waals surface area (Å²) in [5.74, 6) is 0. The van der Waals surface area contributed by atoms with Crippen LogP contribution in [0.3, 0.4) is 0 Å². The lowest BCUT2D eigenvalue weighted by atomic mass is 10.1. The highest BCUT2D eigenvalue weighted by atomic mass is 15.1. The Kier molecular flexibility index (Phi) is 5.29. The van der Waals surface area contributed by atoms with Crippen LogP contribution in [0.25, 0.3) is 5.69 Å². The van der Waals surface area contributed by atoms with Gasteiger partial charge in [0, 0.05) is 48.5 Å². The van der Waals surface area contributed by atoms with E-state index in [0.29, 0.717) is 6.04 Å². The van der Waals surface area contributed by atoms with Crippen LogP contribution in [0.15, 0.2) is 55.0 Å². The number of aromatic nitrogens is 3. The molecule has 0 unspecified atom stereocenters. The van der Waals surface area contributed by atoms with Gasteiger partial charge in [0.1, 0.15) is 0 Å². The molecule has 1 atom stereocenters. The van der Waals surface area contributed by atoms with Crippen molar-refractivity contribution >= 4 is 0 Å². The van der Waals surface area contributed by atoms with E-state index in [1.54, 1.807) is 0 Å². The molecule has 25 heavy (non-hydrogen) atoms. The molecule has 3 aromatic rings. The fourth-order valence-corrected chi connectivity index (χ4v) is 3.15. The van der Waals surface area contributed by atoms with Gasteiger partial charge in [-0.05, 0) is 69.8 Å². The maximum Gasteiger partial charge on any atom is 0.0639 e. The van der Waals surface area contributed by atoms with Crippen molar-refractivity contribution in [1.29, 1.82) is 0 Å². The Hall–Kier alpha value is -2.46. The van der Waals surface area contributed by atoms with Crippen molar-refractivity contribution in [3.05, 3.63) is 77.6 Å². The largest absolute Gasteiger partial charge is 0.315 e. The van der Waals surface area contributed by atoms with E-state index < -0.39 is 0 Å². The SMILES string of the molecule is Cc1ccnc(C[C@H](C)N(C)Cc2ccc(C)n2-c2cccnc2)c1. The summed E-state index contributed by atoms with van der Waals surface area (Å²) in [4.78, 5) is 11.1. The third kappa shape index (κ3) is 4.15. The van der Waals surface area contributed by atoms with Crippen LogP contribution >= 0.6 is 0 Å². The van der Waals surface area contributed by atoms with Gasteiger partial charge in [-0.15, -0.1) is 0 Å². The Morgan fingerprint density at radius 2 is 1.96 bits per heavy atom. The maximum atomic E-state index is 4.50. The van der Waals surface area contributed by atoms with Gasteiger partial charge in [-0.3, -0.25) is 14.9 Å². The zero-order valence-corrected chi connectivity index (χ0v) is 15.5. The average Bonchev–Trinajstić information content (AvgIpc) is 2.96. The Morgan fingerprint density at radius 1 is 1.12 bits per heavy atom. The molecule has 130 valence electrons. The molecule has 3 aromatic heterocycles. The number of likely N-dealkylation sites (N-methyl/N-ethyl adjacent to an activating group) is 1. The van der Waals surface area contributed by atoms with Crippen molar-refractivity contribution < 1.29 is 0 Å². The maximum absolute atomic E-state index is 4.50. The number of nitrogens with zero attached hydrogens (tertiary/aromatic N) is 4. The van der Waals surface area contributed by atoms with E-state index in [1.165, 1.54) is 17.0 Å². The summed E-state index contributed by atoms with van der Waals surface area (Å²) in [6.45, 7) is 7.39. The summed E-state index contributed by atoms with van der Waals surface area (Å²) in [6.07, 6.45) is 6.57. The van der Waals surface area contributed by atoms with Crippen LogP contribution in [0.1, 0.15) is 29.6 Å². The molecule has 4 heteroatoms. The molecule has 0 N–H and O–H groups in total. The molecule has 0 bridgehead atoms. The molecular formula is C21H26N4. The monoisotopic (exact) mass is 334 g/mol. The van der Waals surface area contributed by atoms with Gasteiger partial charge in [0.15, 0.2) is 0 Å². The molecule has 4 nitrogen and oxygen atoms in total.